The van der Waals surface area contributed by atoms with Crippen molar-refractivity contribution in [1.82, 2.24) is 19.4 Å². The zero-order chi connectivity index (χ0) is 23.8. The molecule has 1 aliphatic heterocycles. The van der Waals surface area contributed by atoms with Crippen molar-refractivity contribution < 1.29 is 4.79 Å². The van der Waals surface area contributed by atoms with Gasteiger partial charge >= 0.3 is 11.7 Å². The monoisotopic (exact) mass is 496 g/mol. The quantitative estimate of drug-likeness (QED) is 0.364. The van der Waals surface area contributed by atoms with Gasteiger partial charge < -0.3 is 20.9 Å². The van der Waals surface area contributed by atoms with E-state index in [0.717, 1.165) is 22.2 Å². The predicted molar refractivity (Wildman–Crippen MR) is 136 cm³/mol. The fourth-order valence-electron chi connectivity index (χ4n) is 4.42. The lowest BCUT2D eigenvalue weighted by Gasteiger charge is -2.32. The third kappa shape index (κ3) is 4.22. The van der Waals surface area contributed by atoms with Crippen LogP contribution in [0.4, 0.5) is 16.3 Å². The lowest BCUT2D eigenvalue weighted by atomic mass is 10.0. The lowest BCUT2D eigenvalue weighted by Crippen LogP contribution is -2.42. The largest absolute Gasteiger partial charge is 0.384 e. The summed E-state index contributed by atoms with van der Waals surface area (Å²) >= 11 is 12.0. The van der Waals surface area contributed by atoms with Crippen LogP contribution in [-0.4, -0.2) is 38.6 Å². The Labute approximate surface area is 205 Å². The molecule has 2 amide bonds. The number of urea groups is 1. The van der Waals surface area contributed by atoms with Gasteiger partial charge in [-0.2, -0.15) is 0 Å². The van der Waals surface area contributed by atoms with Gasteiger partial charge in [0, 0.05) is 42.1 Å². The number of carbonyl (C=O) groups excluding carboxylic acids is 1. The van der Waals surface area contributed by atoms with Gasteiger partial charge in [0.15, 0.2) is 0 Å². The Hall–Kier alpha value is -3.49. The Kier molecular flexibility index (Phi) is 5.93. The number of imidazole rings is 1. The molecule has 0 atom stereocenters. The molecule has 1 aliphatic rings. The van der Waals surface area contributed by atoms with E-state index in [1.807, 2.05) is 24.3 Å². The Bertz CT molecular complexity index is 1420. The van der Waals surface area contributed by atoms with Crippen LogP contribution in [0.25, 0.3) is 22.2 Å². The van der Waals surface area contributed by atoms with E-state index in [-0.39, 0.29) is 17.8 Å². The maximum Gasteiger partial charge on any atom is 0.326 e. The number of hydrogen-bond donors (Lipinski definition) is 3. The fourth-order valence-corrected chi connectivity index (χ4v) is 4.72. The molecule has 1 fully saturated rings. The maximum absolute atomic E-state index is 12.9. The van der Waals surface area contributed by atoms with E-state index in [4.69, 9.17) is 28.9 Å². The molecule has 0 radical (unpaired) electrons. The second-order valence-electron chi connectivity index (χ2n) is 8.25. The number of fused-ring (bicyclic) bond motifs is 1. The molecule has 4 N–H and O–H groups in total. The summed E-state index contributed by atoms with van der Waals surface area (Å²) in [6.45, 7) is 1.05. The number of nitrogens with zero attached hydrogens (tertiary/aromatic N) is 3. The number of amides is 2. The molecule has 174 valence electrons. The molecular formula is C24H22Cl2N6O2. The molecule has 2 aromatic heterocycles. The predicted octanol–water partition coefficient (Wildman–Crippen LogP) is 5.15. The number of nitrogens with one attached hydrogen (secondary N) is 2. The zero-order valence-corrected chi connectivity index (χ0v) is 19.6. The molecule has 10 heteroatoms. The second kappa shape index (κ2) is 9.04. The van der Waals surface area contributed by atoms with E-state index in [1.54, 1.807) is 39.9 Å². The normalized spacial score (nSPS) is 14.5. The van der Waals surface area contributed by atoms with Gasteiger partial charge in [0.2, 0.25) is 0 Å². The van der Waals surface area contributed by atoms with Crippen molar-refractivity contribution in [3.8, 4) is 11.1 Å². The minimum absolute atomic E-state index is 0.0185. The number of anilines is 2. The van der Waals surface area contributed by atoms with E-state index in [2.05, 4.69) is 15.3 Å². The SMILES string of the molecule is Nc1ccc(-c2cccc3c2[nH]c(=O)n3C2CCN(C(=O)Nc3ccc(Cl)c(Cl)c3)CC2)cn1. The van der Waals surface area contributed by atoms with Crippen LogP contribution in [0.3, 0.4) is 0 Å². The van der Waals surface area contributed by atoms with Gasteiger partial charge in [0.05, 0.1) is 21.1 Å². The molecule has 3 heterocycles. The van der Waals surface area contributed by atoms with Gasteiger partial charge in [-0.1, -0.05) is 35.3 Å². The number of halogens is 2. The molecular weight excluding hydrogens is 475 g/mol. The molecule has 2 aromatic carbocycles. The van der Waals surface area contributed by atoms with E-state index in [1.165, 1.54) is 0 Å². The molecule has 0 aliphatic carbocycles. The average molecular weight is 497 g/mol. The summed E-state index contributed by atoms with van der Waals surface area (Å²) in [6.07, 6.45) is 3.02. The number of carbonyl (C=O) groups is 1. The van der Waals surface area contributed by atoms with Crippen LogP contribution in [0.5, 0.6) is 0 Å². The topological polar surface area (TPSA) is 109 Å². The highest BCUT2D eigenvalue weighted by Gasteiger charge is 2.26. The summed E-state index contributed by atoms with van der Waals surface area (Å²) in [7, 11) is 0. The van der Waals surface area contributed by atoms with Crippen molar-refractivity contribution in [1.29, 1.82) is 0 Å². The summed E-state index contributed by atoms with van der Waals surface area (Å²) in [4.78, 5) is 34.6. The average Bonchev–Trinajstić information content (AvgIpc) is 3.18. The van der Waals surface area contributed by atoms with Crippen molar-refractivity contribution in [3.05, 3.63) is 75.3 Å². The number of hydrogen-bond acceptors (Lipinski definition) is 4. The van der Waals surface area contributed by atoms with Gasteiger partial charge in [-0.25, -0.2) is 14.6 Å². The first-order chi connectivity index (χ1) is 16.4. The highest BCUT2D eigenvalue weighted by molar-refractivity contribution is 6.42. The molecule has 34 heavy (non-hydrogen) atoms. The van der Waals surface area contributed by atoms with Gasteiger partial charge in [0.25, 0.3) is 0 Å². The molecule has 0 saturated carbocycles. The van der Waals surface area contributed by atoms with E-state index < -0.39 is 0 Å². The van der Waals surface area contributed by atoms with Crippen molar-refractivity contribution in [2.45, 2.75) is 18.9 Å². The molecule has 4 aromatic rings. The third-order valence-corrected chi connectivity index (χ3v) is 6.88. The highest BCUT2D eigenvalue weighted by Crippen LogP contribution is 2.31. The van der Waals surface area contributed by atoms with Crippen LogP contribution in [0.2, 0.25) is 10.0 Å². The number of nitrogen functional groups attached to an aromatic ring is 1. The number of benzene rings is 2. The van der Waals surface area contributed by atoms with Gasteiger partial charge in [0.1, 0.15) is 5.82 Å². The first-order valence-corrected chi connectivity index (χ1v) is 11.6. The standard InChI is InChI=1S/C24H22Cl2N6O2/c25-18-6-5-15(12-19(18)26)29-23(33)31-10-8-16(9-11-31)32-20-3-1-2-17(22(20)30-24(32)34)14-4-7-21(27)28-13-14/h1-7,12-13,16H,8-11H2,(H2,27,28)(H,29,33)(H,30,34). The van der Waals surface area contributed by atoms with E-state index in [0.29, 0.717) is 47.5 Å². The molecule has 1 saturated heterocycles. The van der Waals surface area contributed by atoms with E-state index in [9.17, 15) is 9.59 Å². The summed E-state index contributed by atoms with van der Waals surface area (Å²) < 4.78 is 1.80. The number of piperidine rings is 1. The van der Waals surface area contributed by atoms with E-state index >= 15 is 0 Å². The Morgan fingerprint density at radius 2 is 1.88 bits per heavy atom. The number of aromatic amines is 1. The van der Waals surface area contributed by atoms with Gasteiger partial charge in [-0.05, 0) is 49.2 Å². The maximum atomic E-state index is 12.9. The van der Waals surface area contributed by atoms with Gasteiger partial charge in [-0.15, -0.1) is 0 Å². The highest BCUT2D eigenvalue weighted by atomic mass is 35.5. The summed E-state index contributed by atoms with van der Waals surface area (Å²) in [5, 5.41) is 3.67. The number of pyridine rings is 1. The van der Waals surface area contributed by atoms with Crippen LogP contribution >= 0.6 is 23.2 Å². The molecule has 8 nitrogen and oxygen atoms in total. The molecule has 0 spiro atoms. The van der Waals surface area contributed by atoms with Crippen molar-refractivity contribution in [3.63, 3.8) is 0 Å². The summed E-state index contributed by atoms with van der Waals surface area (Å²) in [5.41, 5.74) is 9.49. The third-order valence-electron chi connectivity index (χ3n) is 6.14. The van der Waals surface area contributed by atoms with Crippen LogP contribution in [0.1, 0.15) is 18.9 Å². The van der Waals surface area contributed by atoms with Crippen LogP contribution in [0.15, 0.2) is 59.5 Å². The molecule has 5 rings (SSSR count). The lowest BCUT2D eigenvalue weighted by molar-refractivity contribution is 0.184. The fraction of sp³-hybridized carbons (Fsp3) is 0.208. The number of H-pyrrole nitrogens is 1. The first-order valence-electron chi connectivity index (χ1n) is 10.9. The number of aromatic nitrogens is 3. The summed E-state index contributed by atoms with van der Waals surface area (Å²) in [6, 6.07) is 14.2. The zero-order valence-electron chi connectivity index (χ0n) is 18.1. The Balaban J connectivity index is 1.34. The first kappa shape index (κ1) is 22.3. The number of nitrogens with two attached hydrogens (primary N) is 1. The Morgan fingerprint density at radius 1 is 1.09 bits per heavy atom. The number of para-hydroxylation sites is 1. The smallest absolute Gasteiger partial charge is 0.326 e. The minimum Gasteiger partial charge on any atom is -0.384 e. The second-order valence-corrected chi connectivity index (χ2v) is 9.06. The van der Waals surface area contributed by atoms with Crippen molar-refractivity contribution >= 4 is 51.8 Å². The number of likely N-dealkylation sites (tertiary alicyclic amines) is 1. The van der Waals surface area contributed by atoms with Gasteiger partial charge in [-0.3, -0.25) is 4.57 Å². The van der Waals surface area contributed by atoms with Crippen molar-refractivity contribution in [2.75, 3.05) is 24.1 Å². The Morgan fingerprint density at radius 3 is 2.59 bits per heavy atom. The van der Waals surface area contributed by atoms with Crippen LogP contribution in [0, 0.1) is 0 Å². The number of rotatable bonds is 3. The summed E-state index contributed by atoms with van der Waals surface area (Å²) in [5.74, 6) is 0.442. The molecule has 0 bridgehead atoms. The minimum atomic E-state index is -0.207. The van der Waals surface area contributed by atoms with Crippen molar-refractivity contribution in [2.24, 2.45) is 0 Å². The van der Waals surface area contributed by atoms with Crippen LogP contribution in [-0.2, 0) is 0 Å². The molecule has 0 unspecified atom stereocenters. The van der Waals surface area contributed by atoms with Crippen LogP contribution < -0.4 is 16.7 Å².